The Kier molecular flexibility index (Phi) is 19.4. The number of rotatable bonds is 2. The highest BCUT2D eigenvalue weighted by atomic mass is 32.2. The number of hydrogen-bond acceptors (Lipinski definition) is 5. The smallest absolute Gasteiger partial charge is 0.144 e. The van der Waals surface area contributed by atoms with Crippen LogP contribution in [0.2, 0.25) is 0 Å². The number of benzene rings is 2. The summed E-state index contributed by atoms with van der Waals surface area (Å²) in [6.45, 7) is 8.00. The molecule has 0 amide bonds. The number of nitrogens with one attached hydrogen (secondary N) is 1. The molecule has 0 fully saturated rings. The molecule has 0 saturated heterocycles. The van der Waals surface area contributed by atoms with Gasteiger partial charge >= 0.3 is 0 Å². The van der Waals surface area contributed by atoms with Gasteiger partial charge in [-0.3, -0.25) is 0 Å². The van der Waals surface area contributed by atoms with Crippen LogP contribution in [-0.4, -0.2) is 41.9 Å². The fourth-order valence-electron chi connectivity index (χ4n) is 1.21. The van der Waals surface area contributed by atoms with Crippen molar-refractivity contribution in [2.75, 3.05) is 30.3 Å². The van der Waals surface area contributed by atoms with Gasteiger partial charge in [-0.2, -0.15) is 0 Å². The number of hydrogen-bond donors (Lipinski definition) is 1. The first-order valence-corrected chi connectivity index (χ1v) is 13.2. The van der Waals surface area contributed by atoms with E-state index in [4.69, 9.17) is 0 Å². The summed E-state index contributed by atoms with van der Waals surface area (Å²) in [6, 6.07) is 20.3. The summed E-state index contributed by atoms with van der Waals surface area (Å²) in [6.07, 6.45) is 4.64. The van der Waals surface area contributed by atoms with Gasteiger partial charge in [0.05, 0.1) is 0 Å². The monoisotopic (exact) mass is 417 g/mol. The Morgan fingerprint density at radius 3 is 0.889 bits per heavy atom. The molecule has 1 N–H and O–H groups in total. The molecule has 0 heterocycles. The predicted octanol–water partition coefficient (Wildman–Crippen LogP) is 4.80. The van der Waals surface area contributed by atoms with E-state index in [9.17, 15) is 16.8 Å². The molecule has 0 aromatic heterocycles. The van der Waals surface area contributed by atoms with Gasteiger partial charge in [0.2, 0.25) is 0 Å². The number of para-hydroxylation sites is 2. The third kappa shape index (κ3) is 36.0. The molecule has 0 aliphatic heterocycles. The van der Waals surface area contributed by atoms with Crippen molar-refractivity contribution in [3.05, 3.63) is 60.7 Å². The molecule has 2 rings (SSSR count). The molecule has 2 aromatic rings. The first-order chi connectivity index (χ1) is 12.4. The Labute approximate surface area is 166 Å². The SMILES string of the molecule is CC.CC.CS(C)(=O)=O.CS(C)(=O)=O.c1ccc(Nc2ccccc2)cc1. The van der Waals surface area contributed by atoms with E-state index in [1.54, 1.807) is 0 Å². The summed E-state index contributed by atoms with van der Waals surface area (Å²) in [4.78, 5) is 0. The average Bonchev–Trinajstić information content (AvgIpc) is 2.57. The van der Waals surface area contributed by atoms with E-state index in [1.807, 2.05) is 88.4 Å². The van der Waals surface area contributed by atoms with Crippen molar-refractivity contribution in [3.8, 4) is 0 Å². The molecule has 5 nitrogen and oxygen atoms in total. The van der Waals surface area contributed by atoms with Gasteiger partial charge in [-0.15, -0.1) is 0 Å². The molecule has 0 atom stereocenters. The predicted molar refractivity (Wildman–Crippen MR) is 120 cm³/mol. The van der Waals surface area contributed by atoms with Crippen LogP contribution in [0.1, 0.15) is 27.7 Å². The minimum atomic E-state index is -2.67. The van der Waals surface area contributed by atoms with E-state index >= 15 is 0 Å². The molecule has 0 aliphatic carbocycles. The zero-order valence-corrected chi connectivity index (χ0v) is 19.4. The normalized spacial score (nSPS) is 9.33. The van der Waals surface area contributed by atoms with Crippen molar-refractivity contribution < 1.29 is 16.8 Å². The summed E-state index contributed by atoms with van der Waals surface area (Å²) >= 11 is 0. The lowest BCUT2D eigenvalue weighted by Gasteiger charge is -2.04. The van der Waals surface area contributed by atoms with Crippen molar-refractivity contribution in [2.24, 2.45) is 0 Å². The summed E-state index contributed by atoms with van der Waals surface area (Å²) in [7, 11) is -5.33. The molecule has 156 valence electrons. The third-order valence-corrected chi connectivity index (χ3v) is 1.84. The summed E-state index contributed by atoms with van der Waals surface area (Å²) in [5, 5.41) is 3.30. The molecule has 0 aliphatic rings. The molecular formula is C20H35NO4S2. The van der Waals surface area contributed by atoms with Crippen molar-refractivity contribution in [1.29, 1.82) is 0 Å². The molecule has 0 bridgehead atoms. The first kappa shape index (κ1) is 29.9. The van der Waals surface area contributed by atoms with Crippen LogP contribution in [0, 0.1) is 0 Å². The van der Waals surface area contributed by atoms with Gasteiger partial charge < -0.3 is 5.32 Å². The lowest BCUT2D eigenvalue weighted by atomic mass is 10.3. The largest absolute Gasteiger partial charge is 0.356 e. The highest BCUT2D eigenvalue weighted by Crippen LogP contribution is 2.14. The van der Waals surface area contributed by atoms with Crippen LogP contribution in [-0.2, 0) is 19.7 Å². The molecule has 0 radical (unpaired) electrons. The molecule has 0 spiro atoms. The van der Waals surface area contributed by atoms with Gasteiger partial charge in [0.15, 0.2) is 0 Å². The van der Waals surface area contributed by atoms with Gasteiger partial charge in [0, 0.05) is 36.4 Å². The molecule has 27 heavy (non-hydrogen) atoms. The van der Waals surface area contributed by atoms with E-state index < -0.39 is 19.7 Å². The van der Waals surface area contributed by atoms with Crippen LogP contribution in [0.4, 0.5) is 11.4 Å². The minimum absolute atomic E-state index is 1.12. The summed E-state index contributed by atoms with van der Waals surface area (Å²) in [5.74, 6) is 0. The van der Waals surface area contributed by atoms with E-state index in [0.29, 0.717) is 0 Å². The maximum Gasteiger partial charge on any atom is 0.144 e. The van der Waals surface area contributed by atoms with Crippen molar-refractivity contribution in [2.45, 2.75) is 27.7 Å². The Morgan fingerprint density at radius 1 is 0.519 bits per heavy atom. The molecule has 7 heteroatoms. The lowest BCUT2D eigenvalue weighted by Crippen LogP contribution is -1.87. The Balaban J connectivity index is -0.000000346. The van der Waals surface area contributed by atoms with Gasteiger partial charge in [0.25, 0.3) is 0 Å². The molecule has 2 aromatic carbocycles. The van der Waals surface area contributed by atoms with Crippen molar-refractivity contribution in [3.63, 3.8) is 0 Å². The van der Waals surface area contributed by atoms with Crippen molar-refractivity contribution >= 4 is 31.0 Å². The second-order valence-electron chi connectivity index (χ2n) is 5.14. The van der Waals surface area contributed by atoms with E-state index in [1.165, 1.54) is 0 Å². The van der Waals surface area contributed by atoms with E-state index in [-0.39, 0.29) is 0 Å². The van der Waals surface area contributed by atoms with Crippen LogP contribution >= 0.6 is 0 Å². The molecule has 0 unspecified atom stereocenters. The maximum absolute atomic E-state index is 9.63. The van der Waals surface area contributed by atoms with E-state index in [2.05, 4.69) is 5.32 Å². The van der Waals surface area contributed by atoms with Gasteiger partial charge in [0.1, 0.15) is 19.7 Å². The van der Waals surface area contributed by atoms with Crippen LogP contribution in [0.3, 0.4) is 0 Å². The van der Waals surface area contributed by atoms with Gasteiger partial charge in [-0.1, -0.05) is 64.1 Å². The lowest BCUT2D eigenvalue weighted by molar-refractivity contribution is 0.605. The fraction of sp³-hybridized carbons (Fsp3) is 0.400. The molecule has 0 saturated carbocycles. The third-order valence-electron chi connectivity index (χ3n) is 1.84. The highest BCUT2D eigenvalue weighted by Gasteiger charge is 1.89. The molecular weight excluding hydrogens is 382 g/mol. The maximum atomic E-state index is 9.63. The second kappa shape index (κ2) is 17.5. The highest BCUT2D eigenvalue weighted by molar-refractivity contribution is 7.90. The Bertz CT molecular complexity index is 675. The van der Waals surface area contributed by atoms with Crippen LogP contribution < -0.4 is 5.32 Å². The standard InChI is InChI=1S/C12H11N.2C2H6O2S.2C2H6/c1-3-7-11(8-4-1)13-12-9-5-2-6-10-12;2*1-5(2,3)4;2*1-2/h1-10,13H;2*1-2H3;2*1-2H3. The summed E-state index contributed by atoms with van der Waals surface area (Å²) < 4.78 is 38.5. The first-order valence-electron chi connectivity index (χ1n) is 8.62. The topological polar surface area (TPSA) is 80.3 Å². The second-order valence-corrected chi connectivity index (χ2v) is 9.71. The van der Waals surface area contributed by atoms with E-state index in [0.717, 1.165) is 36.4 Å². The summed E-state index contributed by atoms with van der Waals surface area (Å²) in [5.41, 5.74) is 2.24. The van der Waals surface area contributed by atoms with Gasteiger partial charge in [-0.05, 0) is 24.3 Å². The van der Waals surface area contributed by atoms with Crippen LogP contribution in [0.15, 0.2) is 60.7 Å². The van der Waals surface area contributed by atoms with Crippen molar-refractivity contribution in [1.82, 2.24) is 0 Å². The quantitative estimate of drug-likeness (QED) is 0.759. The zero-order valence-electron chi connectivity index (χ0n) is 17.7. The minimum Gasteiger partial charge on any atom is -0.356 e. The van der Waals surface area contributed by atoms with Crippen LogP contribution in [0.5, 0.6) is 0 Å². The number of anilines is 2. The van der Waals surface area contributed by atoms with Crippen LogP contribution in [0.25, 0.3) is 0 Å². The fourth-order valence-corrected chi connectivity index (χ4v) is 1.21. The number of sulfone groups is 2. The Hall–Kier alpha value is -1.86. The van der Waals surface area contributed by atoms with Gasteiger partial charge in [-0.25, -0.2) is 16.8 Å². The zero-order chi connectivity index (χ0) is 21.9. The Morgan fingerprint density at radius 2 is 0.704 bits per heavy atom. The average molecular weight is 418 g/mol.